The largest absolute Gasteiger partial charge is 0.352 e. The number of hydrogen-bond acceptors (Lipinski definition) is 4. The lowest BCUT2D eigenvalue weighted by molar-refractivity contribution is -0.139. The molecule has 0 aliphatic heterocycles. The number of benzene rings is 2. The topological polar surface area (TPSA) is 86.8 Å². The van der Waals surface area contributed by atoms with Crippen LogP contribution in [-0.2, 0) is 32.6 Å². The zero-order chi connectivity index (χ0) is 25.6. The maximum Gasteiger partial charge on any atom is 0.244 e. The first-order valence-corrected chi connectivity index (χ1v) is 14.6. The number of para-hydroxylation sites is 1. The van der Waals surface area contributed by atoms with Crippen molar-refractivity contribution >= 4 is 43.5 Å². The number of hydrogen-bond donors (Lipinski definition) is 1. The molecule has 35 heavy (non-hydrogen) atoms. The summed E-state index contributed by atoms with van der Waals surface area (Å²) in [5.74, 6) is -0.652. The minimum Gasteiger partial charge on any atom is -0.352 e. The number of nitrogens with zero attached hydrogens (tertiary/aromatic N) is 2. The van der Waals surface area contributed by atoms with Crippen molar-refractivity contribution in [2.45, 2.75) is 64.6 Å². The van der Waals surface area contributed by atoms with Crippen LogP contribution in [0.5, 0.6) is 0 Å². The summed E-state index contributed by atoms with van der Waals surface area (Å²) in [7, 11) is -3.74. The summed E-state index contributed by atoms with van der Waals surface area (Å²) in [5.41, 5.74) is 2.16. The third-order valence-electron chi connectivity index (χ3n) is 6.46. The molecular formula is C26H34BrN3O4S. The second-order valence-electron chi connectivity index (χ2n) is 9.07. The van der Waals surface area contributed by atoms with Gasteiger partial charge in [0.2, 0.25) is 21.8 Å². The average molecular weight is 565 g/mol. The van der Waals surface area contributed by atoms with Gasteiger partial charge in [-0.25, -0.2) is 8.42 Å². The van der Waals surface area contributed by atoms with Crippen molar-refractivity contribution in [2.24, 2.45) is 0 Å². The maximum atomic E-state index is 13.7. The van der Waals surface area contributed by atoms with E-state index in [-0.39, 0.29) is 25.0 Å². The quantitative estimate of drug-likeness (QED) is 0.468. The molecular weight excluding hydrogens is 530 g/mol. The van der Waals surface area contributed by atoms with Crippen LogP contribution in [0.15, 0.2) is 53.0 Å². The number of anilines is 1. The zero-order valence-electron chi connectivity index (χ0n) is 20.5. The van der Waals surface area contributed by atoms with E-state index in [4.69, 9.17) is 0 Å². The van der Waals surface area contributed by atoms with E-state index in [1.165, 1.54) is 4.90 Å². The Kier molecular flexibility index (Phi) is 9.35. The molecule has 0 heterocycles. The van der Waals surface area contributed by atoms with Crippen LogP contribution in [0.2, 0.25) is 0 Å². The Balaban J connectivity index is 1.89. The Bertz CT molecular complexity index is 1130. The summed E-state index contributed by atoms with van der Waals surface area (Å²) >= 11 is 3.42. The molecule has 2 aromatic carbocycles. The fourth-order valence-electron chi connectivity index (χ4n) is 4.41. The molecule has 2 aromatic rings. The molecule has 0 spiro atoms. The van der Waals surface area contributed by atoms with Gasteiger partial charge in [0.05, 0.1) is 11.9 Å². The van der Waals surface area contributed by atoms with E-state index in [1.807, 2.05) is 43.3 Å². The molecule has 0 bridgehead atoms. The number of nitrogens with one attached hydrogen (secondary N) is 1. The zero-order valence-corrected chi connectivity index (χ0v) is 22.9. The highest BCUT2D eigenvalue weighted by Crippen LogP contribution is 2.24. The van der Waals surface area contributed by atoms with Gasteiger partial charge in [0.25, 0.3) is 0 Å². The summed E-state index contributed by atoms with van der Waals surface area (Å²) in [6.07, 6.45) is 5.77. The molecule has 1 aliphatic rings. The van der Waals surface area contributed by atoms with Crippen molar-refractivity contribution in [3.05, 3.63) is 64.1 Å². The van der Waals surface area contributed by atoms with E-state index >= 15 is 0 Å². The van der Waals surface area contributed by atoms with Crippen LogP contribution >= 0.6 is 15.9 Å². The molecule has 3 rings (SSSR count). The second-order valence-corrected chi connectivity index (χ2v) is 11.9. The normalized spacial score (nSPS) is 15.0. The van der Waals surface area contributed by atoms with Gasteiger partial charge in [-0.2, -0.15) is 0 Å². The second kappa shape index (κ2) is 12.0. The SMILES string of the molecule is CCc1ccccc1N(CC(=O)N(Cc1ccc(Br)cc1)C(C)C(=O)NC1CCCC1)S(C)(=O)=O. The summed E-state index contributed by atoms with van der Waals surface area (Å²) in [6, 6.07) is 14.1. The van der Waals surface area contributed by atoms with E-state index in [9.17, 15) is 18.0 Å². The summed E-state index contributed by atoms with van der Waals surface area (Å²) in [5, 5.41) is 3.07. The van der Waals surface area contributed by atoms with Crippen molar-refractivity contribution in [3.63, 3.8) is 0 Å². The van der Waals surface area contributed by atoms with Gasteiger partial charge in [0.1, 0.15) is 12.6 Å². The van der Waals surface area contributed by atoms with Gasteiger partial charge in [-0.05, 0) is 55.5 Å². The third-order valence-corrected chi connectivity index (χ3v) is 8.11. The van der Waals surface area contributed by atoms with Gasteiger partial charge in [-0.3, -0.25) is 13.9 Å². The van der Waals surface area contributed by atoms with Crippen molar-refractivity contribution < 1.29 is 18.0 Å². The minimum atomic E-state index is -3.74. The van der Waals surface area contributed by atoms with Crippen molar-refractivity contribution in [1.29, 1.82) is 0 Å². The molecule has 1 aliphatic carbocycles. The predicted molar refractivity (Wildman–Crippen MR) is 143 cm³/mol. The number of halogens is 1. The highest BCUT2D eigenvalue weighted by molar-refractivity contribution is 9.10. The molecule has 7 nitrogen and oxygen atoms in total. The van der Waals surface area contributed by atoms with Gasteiger partial charge in [0, 0.05) is 17.1 Å². The molecule has 1 fully saturated rings. The Morgan fingerprint density at radius 2 is 1.71 bits per heavy atom. The molecule has 9 heteroatoms. The van der Waals surface area contributed by atoms with E-state index in [0.29, 0.717) is 12.1 Å². The predicted octanol–water partition coefficient (Wildman–Crippen LogP) is 4.25. The molecule has 0 aromatic heterocycles. The molecule has 0 radical (unpaired) electrons. The first-order valence-electron chi connectivity index (χ1n) is 12.0. The van der Waals surface area contributed by atoms with Gasteiger partial charge < -0.3 is 10.2 Å². The summed E-state index contributed by atoms with van der Waals surface area (Å²) < 4.78 is 27.6. The molecule has 190 valence electrons. The van der Waals surface area contributed by atoms with Crippen LogP contribution in [0, 0.1) is 0 Å². The monoisotopic (exact) mass is 563 g/mol. The van der Waals surface area contributed by atoms with Crippen LogP contribution in [0.4, 0.5) is 5.69 Å². The summed E-state index contributed by atoms with van der Waals surface area (Å²) in [4.78, 5) is 28.2. The number of carbonyl (C=O) groups is 2. The Hall–Kier alpha value is -2.39. The van der Waals surface area contributed by atoms with Crippen LogP contribution in [-0.4, -0.2) is 50.0 Å². The standard InChI is InChI=1S/C26H34BrN3O4S/c1-4-21-9-5-8-12-24(21)30(35(3,33)34)18-25(31)29(17-20-13-15-22(27)16-14-20)19(2)26(32)28-23-10-6-7-11-23/h5,8-9,12-16,19,23H,4,6-7,10-11,17-18H2,1-3H3,(H,28,32). The molecule has 1 N–H and O–H groups in total. The van der Waals surface area contributed by atoms with Crippen molar-refractivity contribution in [2.75, 3.05) is 17.1 Å². The molecule has 2 amide bonds. The number of sulfonamides is 1. The maximum absolute atomic E-state index is 13.7. The summed E-state index contributed by atoms with van der Waals surface area (Å²) in [6.45, 7) is 3.45. The lowest BCUT2D eigenvalue weighted by Crippen LogP contribution is -2.52. The van der Waals surface area contributed by atoms with Crippen LogP contribution < -0.4 is 9.62 Å². The van der Waals surface area contributed by atoms with Crippen LogP contribution in [0.1, 0.15) is 50.7 Å². The number of rotatable bonds is 10. The minimum absolute atomic E-state index is 0.124. The average Bonchev–Trinajstić information content (AvgIpc) is 3.34. The van der Waals surface area contributed by atoms with Crippen LogP contribution in [0.25, 0.3) is 0 Å². The lowest BCUT2D eigenvalue weighted by Gasteiger charge is -2.32. The molecule has 1 atom stereocenters. The number of aryl methyl sites for hydroxylation is 1. The van der Waals surface area contributed by atoms with Gasteiger partial charge in [0.15, 0.2) is 0 Å². The van der Waals surface area contributed by atoms with Gasteiger partial charge in [-0.1, -0.05) is 66.0 Å². The highest BCUT2D eigenvalue weighted by atomic mass is 79.9. The highest BCUT2D eigenvalue weighted by Gasteiger charge is 2.31. The molecule has 1 unspecified atom stereocenters. The van der Waals surface area contributed by atoms with E-state index < -0.39 is 22.0 Å². The Morgan fingerprint density at radius 3 is 2.31 bits per heavy atom. The fourth-order valence-corrected chi connectivity index (χ4v) is 5.55. The van der Waals surface area contributed by atoms with Gasteiger partial charge in [-0.15, -0.1) is 0 Å². The molecule has 1 saturated carbocycles. The smallest absolute Gasteiger partial charge is 0.244 e. The Morgan fingerprint density at radius 1 is 1.09 bits per heavy atom. The molecule has 0 saturated heterocycles. The van der Waals surface area contributed by atoms with E-state index in [0.717, 1.165) is 51.8 Å². The first-order chi connectivity index (χ1) is 16.6. The Labute approximate surface area is 217 Å². The first kappa shape index (κ1) is 27.2. The lowest BCUT2D eigenvalue weighted by atomic mass is 10.1. The third kappa shape index (κ3) is 7.30. The fraction of sp³-hybridized carbons (Fsp3) is 0.462. The van der Waals surface area contributed by atoms with E-state index in [2.05, 4.69) is 21.2 Å². The van der Waals surface area contributed by atoms with Crippen molar-refractivity contribution in [1.82, 2.24) is 10.2 Å². The van der Waals surface area contributed by atoms with Gasteiger partial charge >= 0.3 is 0 Å². The number of carbonyl (C=O) groups excluding carboxylic acids is 2. The van der Waals surface area contributed by atoms with Crippen LogP contribution in [0.3, 0.4) is 0 Å². The number of amides is 2. The van der Waals surface area contributed by atoms with E-state index in [1.54, 1.807) is 19.1 Å². The van der Waals surface area contributed by atoms with Crippen molar-refractivity contribution in [3.8, 4) is 0 Å².